The summed E-state index contributed by atoms with van der Waals surface area (Å²) >= 11 is 0. The van der Waals surface area contributed by atoms with Crippen LogP contribution in [0.2, 0.25) is 0 Å². The van der Waals surface area contributed by atoms with Crippen LogP contribution in [0.5, 0.6) is 11.6 Å². The van der Waals surface area contributed by atoms with E-state index in [2.05, 4.69) is 9.97 Å². The Labute approximate surface area is 86.0 Å². The zero-order valence-corrected chi connectivity index (χ0v) is 8.40. The first-order chi connectivity index (χ1) is 7.28. The van der Waals surface area contributed by atoms with Crippen molar-refractivity contribution in [3.8, 4) is 11.6 Å². The quantitative estimate of drug-likeness (QED) is 0.771. The van der Waals surface area contributed by atoms with Crippen LogP contribution in [0.4, 0.5) is 0 Å². The fourth-order valence-electron chi connectivity index (χ4n) is 1.40. The number of ether oxygens (including phenoxy) is 2. The minimum Gasteiger partial charge on any atom is -0.491 e. The van der Waals surface area contributed by atoms with Gasteiger partial charge in [-0.2, -0.15) is 4.98 Å². The van der Waals surface area contributed by atoms with Gasteiger partial charge in [0.25, 0.3) is 5.88 Å². The molecule has 5 nitrogen and oxygen atoms in total. The number of carbonyl (C=O) groups is 1. The third kappa shape index (κ3) is 1.52. The van der Waals surface area contributed by atoms with Crippen molar-refractivity contribution >= 4 is 17.3 Å². The van der Waals surface area contributed by atoms with Gasteiger partial charge in [0, 0.05) is 5.39 Å². The summed E-state index contributed by atoms with van der Waals surface area (Å²) in [4.78, 5) is 17.6. The van der Waals surface area contributed by atoms with Gasteiger partial charge in [0.05, 0.1) is 19.9 Å². The summed E-state index contributed by atoms with van der Waals surface area (Å²) in [6, 6.07) is 3.47. The molecule has 0 fully saturated rings. The van der Waals surface area contributed by atoms with Gasteiger partial charge in [-0.25, -0.2) is 0 Å². The number of nitrogens with zero attached hydrogens (tertiary/aromatic N) is 1. The van der Waals surface area contributed by atoms with E-state index < -0.39 is 0 Å². The molecule has 0 aliphatic heterocycles. The van der Waals surface area contributed by atoms with Gasteiger partial charge in [-0.1, -0.05) is 0 Å². The van der Waals surface area contributed by atoms with Crippen molar-refractivity contribution in [1.29, 1.82) is 0 Å². The molecular weight excluding hydrogens is 196 g/mol. The van der Waals surface area contributed by atoms with Crippen LogP contribution in [-0.4, -0.2) is 30.5 Å². The number of hydrogen-bond donors (Lipinski definition) is 1. The Kier molecular flexibility index (Phi) is 2.29. The van der Waals surface area contributed by atoms with Crippen molar-refractivity contribution in [3.05, 3.63) is 17.8 Å². The van der Waals surface area contributed by atoms with Crippen LogP contribution in [0.1, 0.15) is 10.5 Å². The first-order valence-electron chi connectivity index (χ1n) is 4.35. The predicted molar refractivity (Wildman–Crippen MR) is 54.6 cm³/mol. The lowest BCUT2D eigenvalue weighted by molar-refractivity contribution is 0.111. The van der Waals surface area contributed by atoms with E-state index in [0.717, 1.165) is 11.7 Å². The van der Waals surface area contributed by atoms with Gasteiger partial charge in [0.15, 0.2) is 12.0 Å². The van der Waals surface area contributed by atoms with Crippen molar-refractivity contribution in [2.75, 3.05) is 14.2 Å². The minimum atomic E-state index is 0.393. The Morgan fingerprint density at radius 2 is 2.13 bits per heavy atom. The summed E-state index contributed by atoms with van der Waals surface area (Å²) in [5.41, 5.74) is 1.09. The Morgan fingerprint density at radius 3 is 2.73 bits per heavy atom. The highest BCUT2D eigenvalue weighted by Gasteiger charge is 2.09. The van der Waals surface area contributed by atoms with Crippen LogP contribution in [0.15, 0.2) is 12.1 Å². The van der Waals surface area contributed by atoms with Crippen LogP contribution in [0.3, 0.4) is 0 Å². The fraction of sp³-hybridized carbons (Fsp3) is 0.200. The summed E-state index contributed by atoms with van der Waals surface area (Å²) < 4.78 is 10.1. The molecule has 78 valence electrons. The van der Waals surface area contributed by atoms with E-state index in [4.69, 9.17) is 9.47 Å². The van der Waals surface area contributed by atoms with Crippen LogP contribution in [-0.2, 0) is 0 Å². The third-order valence-electron chi connectivity index (χ3n) is 2.10. The molecule has 0 bridgehead atoms. The number of methoxy groups -OCH3 is 2. The maximum Gasteiger partial charge on any atom is 0.258 e. The Bertz CT molecular complexity index is 464. The highest BCUT2D eigenvalue weighted by molar-refractivity contribution is 5.86. The maximum atomic E-state index is 10.6. The molecule has 2 rings (SSSR count). The minimum absolute atomic E-state index is 0.393. The number of nitrogens with one attached hydrogen (secondary N) is 1. The van der Waals surface area contributed by atoms with E-state index in [1.165, 1.54) is 7.11 Å². The molecule has 0 radical (unpaired) electrons. The standard InChI is InChI=1S/C10H10N2O3/c1-14-8-4-6-3-7(5-13)11-9(6)12-10(8)15-2/h3-5H,1-2H3,(H,11,12). The molecule has 0 aliphatic rings. The zero-order valence-electron chi connectivity index (χ0n) is 8.40. The Hall–Kier alpha value is -2.04. The lowest BCUT2D eigenvalue weighted by Crippen LogP contribution is -1.93. The van der Waals surface area contributed by atoms with Gasteiger partial charge in [-0.15, -0.1) is 0 Å². The molecule has 0 spiro atoms. The monoisotopic (exact) mass is 206 g/mol. The second kappa shape index (κ2) is 3.61. The van der Waals surface area contributed by atoms with Gasteiger partial charge >= 0.3 is 0 Å². The predicted octanol–water partition coefficient (Wildman–Crippen LogP) is 1.39. The number of carbonyl (C=O) groups excluding carboxylic acids is 1. The van der Waals surface area contributed by atoms with E-state index in [9.17, 15) is 4.79 Å². The van der Waals surface area contributed by atoms with E-state index in [0.29, 0.717) is 23.0 Å². The molecule has 15 heavy (non-hydrogen) atoms. The molecular formula is C10H10N2O3. The number of aldehydes is 1. The van der Waals surface area contributed by atoms with Crippen molar-refractivity contribution in [2.24, 2.45) is 0 Å². The molecule has 1 N–H and O–H groups in total. The van der Waals surface area contributed by atoms with E-state index in [-0.39, 0.29) is 0 Å². The largest absolute Gasteiger partial charge is 0.491 e. The SMILES string of the molecule is COc1cc2cc(C=O)[nH]c2nc1OC. The smallest absolute Gasteiger partial charge is 0.258 e. The average molecular weight is 206 g/mol. The average Bonchev–Trinajstić information content (AvgIpc) is 2.68. The molecule has 2 aromatic heterocycles. The summed E-state index contributed by atoms with van der Waals surface area (Å²) in [5.74, 6) is 0.936. The molecule has 5 heteroatoms. The molecule has 0 saturated heterocycles. The molecule has 2 heterocycles. The van der Waals surface area contributed by atoms with Gasteiger partial charge in [-0.3, -0.25) is 4.79 Å². The number of fused-ring (bicyclic) bond motifs is 1. The van der Waals surface area contributed by atoms with Crippen LogP contribution < -0.4 is 9.47 Å². The summed E-state index contributed by atoms with van der Waals surface area (Å²) in [6.07, 6.45) is 0.737. The molecule has 0 aromatic carbocycles. The van der Waals surface area contributed by atoms with Gasteiger partial charge in [0.2, 0.25) is 0 Å². The normalized spacial score (nSPS) is 10.3. The number of pyridine rings is 1. The molecule has 0 amide bonds. The molecule has 0 saturated carbocycles. The number of aromatic nitrogens is 2. The first kappa shape index (κ1) is 9.51. The third-order valence-corrected chi connectivity index (χ3v) is 2.10. The number of H-pyrrole nitrogens is 1. The highest BCUT2D eigenvalue weighted by Crippen LogP contribution is 2.28. The lowest BCUT2D eigenvalue weighted by atomic mass is 10.3. The maximum absolute atomic E-state index is 10.6. The van der Waals surface area contributed by atoms with E-state index in [1.807, 2.05) is 0 Å². The van der Waals surface area contributed by atoms with Crippen molar-refractivity contribution < 1.29 is 14.3 Å². The topological polar surface area (TPSA) is 64.2 Å². The Morgan fingerprint density at radius 1 is 1.33 bits per heavy atom. The molecule has 0 atom stereocenters. The first-order valence-corrected chi connectivity index (χ1v) is 4.35. The highest BCUT2D eigenvalue weighted by atomic mass is 16.5. The van der Waals surface area contributed by atoms with Crippen molar-refractivity contribution in [2.45, 2.75) is 0 Å². The van der Waals surface area contributed by atoms with Gasteiger partial charge < -0.3 is 14.5 Å². The van der Waals surface area contributed by atoms with Crippen molar-refractivity contribution in [1.82, 2.24) is 9.97 Å². The van der Waals surface area contributed by atoms with E-state index >= 15 is 0 Å². The summed E-state index contributed by atoms with van der Waals surface area (Å²) in [7, 11) is 3.05. The molecule has 0 unspecified atom stereocenters. The lowest BCUT2D eigenvalue weighted by Gasteiger charge is -2.05. The zero-order chi connectivity index (χ0) is 10.8. The molecule has 0 aliphatic carbocycles. The van der Waals surface area contributed by atoms with Crippen molar-refractivity contribution in [3.63, 3.8) is 0 Å². The molecule has 2 aromatic rings. The Balaban J connectivity index is 2.66. The number of hydrogen-bond acceptors (Lipinski definition) is 4. The number of rotatable bonds is 3. The van der Waals surface area contributed by atoms with E-state index in [1.54, 1.807) is 19.2 Å². The summed E-state index contributed by atoms with van der Waals surface area (Å²) in [6.45, 7) is 0. The fourth-order valence-corrected chi connectivity index (χ4v) is 1.40. The summed E-state index contributed by atoms with van der Waals surface area (Å²) in [5, 5.41) is 0.815. The van der Waals surface area contributed by atoms with Gasteiger partial charge in [0.1, 0.15) is 5.65 Å². The second-order valence-corrected chi connectivity index (χ2v) is 2.98. The van der Waals surface area contributed by atoms with Gasteiger partial charge in [-0.05, 0) is 12.1 Å². The van der Waals surface area contributed by atoms with Crippen LogP contribution >= 0.6 is 0 Å². The van der Waals surface area contributed by atoms with Crippen LogP contribution in [0, 0.1) is 0 Å². The number of aromatic amines is 1. The second-order valence-electron chi connectivity index (χ2n) is 2.98. The van der Waals surface area contributed by atoms with Crippen LogP contribution in [0.25, 0.3) is 11.0 Å².